The Bertz CT molecular complexity index is 572. The summed E-state index contributed by atoms with van der Waals surface area (Å²) in [6, 6.07) is 2.79. The van der Waals surface area contributed by atoms with Gasteiger partial charge in [-0.2, -0.15) is 13.2 Å². The van der Waals surface area contributed by atoms with Crippen LogP contribution < -0.4 is 9.64 Å². The van der Waals surface area contributed by atoms with E-state index >= 15 is 0 Å². The highest BCUT2D eigenvalue weighted by atomic mass is 79.9. The third kappa shape index (κ3) is 3.45. The topological polar surface area (TPSA) is 55.6 Å². The molecule has 0 saturated carbocycles. The molecule has 0 radical (unpaired) electrons. The number of benzene rings is 1. The first-order valence-corrected chi connectivity index (χ1v) is 7.37. The second kappa shape index (κ2) is 6.31. The van der Waals surface area contributed by atoms with E-state index < -0.39 is 17.0 Å². The minimum absolute atomic E-state index is 0.00917. The van der Waals surface area contributed by atoms with Crippen LogP contribution in [0.2, 0.25) is 0 Å². The number of methoxy groups -OCH3 is 1. The van der Waals surface area contributed by atoms with Crippen LogP contribution >= 0.6 is 15.9 Å². The zero-order valence-corrected chi connectivity index (χ0v) is 13.3. The van der Waals surface area contributed by atoms with Crippen molar-refractivity contribution in [3.8, 4) is 5.75 Å². The molecule has 0 spiro atoms. The molecule has 1 fully saturated rings. The number of alkyl halides is 3. The molecule has 1 aliphatic rings. The normalized spacial score (nSPS) is 16.7. The van der Waals surface area contributed by atoms with E-state index in [2.05, 4.69) is 15.9 Å². The van der Waals surface area contributed by atoms with E-state index in [1.54, 1.807) is 4.90 Å². The molecule has 122 valence electrons. The standard InChI is InChI=1S/C13H14BrF3N2O3/c1-22-12-7-10(9(14)6-11(12)19(20)21)18-4-2-8(3-5-18)13(15,16)17/h6-8H,2-5H2,1H3. The maximum atomic E-state index is 12.7. The van der Waals surface area contributed by atoms with Crippen molar-refractivity contribution in [2.75, 3.05) is 25.1 Å². The van der Waals surface area contributed by atoms with Gasteiger partial charge in [-0.25, -0.2) is 0 Å². The highest BCUT2D eigenvalue weighted by Gasteiger charge is 2.41. The summed E-state index contributed by atoms with van der Waals surface area (Å²) in [6.45, 7) is 0.480. The molecular weight excluding hydrogens is 369 g/mol. The maximum absolute atomic E-state index is 12.7. The van der Waals surface area contributed by atoms with Gasteiger partial charge in [0, 0.05) is 29.7 Å². The molecule has 0 aromatic heterocycles. The zero-order valence-electron chi connectivity index (χ0n) is 11.7. The van der Waals surface area contributed by atoms with Gasteiger partial charge in [0.25, 0.3) is 0 Å². The number of hydrogen-bond acceptors (Lipinski definition) is 4. The number of anilines is 1. The van der Waals surface area contributed by atoms with Crippen molar-refractivity contribution in [1.29, 1.82) is 0 Å². The Morgan fingerprint density at radius 3 is 2.41 bits per heavy atom. The molecule has 1 aromatic carbocycles. The second-order valence-electron chi connectivity index (χ2n) is 5.04. The van der Waals surface area contributed by atoms with E-state index in [1.165, 1.54) is 19.2 Å². The molecule has 0 N–H and O–H groups in total. The summed E-state index contributed by atoms with van der Waals surface area (Å²) < 4.78 is 43.5. The van der Waals surface area contributed by atoms with Crippen LogP contribution in [0.15, 0.2) is 16.6 Å². The molecule has 9 heteroatoms. The molecule has 0 atom stereocenters. The van der Waals surface area contributed by atoms with Gasteiger partial charge in [-0.05, 0) is 28.8 Å². The molecule has 2 rings (SSSR count). The molecule has 0 bridgehead atoms. The first-order valence-electron chi connectivity index (χ1n) is 6.57. The summed E-state index contributed by atoms with van der Waals surface area (Å²) >= 11 is 3.25. The van der Waals surface area contributed by atoms with Gasteiger partial charge in [0.05, 0.1) is 23.6 Å². The van der Waals surface area contributed by atoms with E-state index in [-0.39, 0.29) is 37.4 Å². The van der Waals surface area contributed by atoms with Crippen molar-refractivity contribution in [3.63, 3.8) is 0 Å². The first-order chi connectivity index (χ1) is 10.2. The van der Waals surface area contributed by atoms with Crippen LogP contribution in [-0.4, -0.2) is 31.3 Å². The van der Waals surface area contributed by atoms with Crippen LogP contribution in [0.3, 0.4) is 0 Å². The average molecular weight is 383 g/mol. The highest BCUT2D eigenvalue weighted by molar-refractivity contribution is 9.10. The number of nitrogens with zero attached hydrogens (tertiary/aromatic N) is 2. The lowest BCUT2D eigenvalue weighted by Crippen LogP contribution is -2.39. The fourth-order valence-electron chi connectivity index (χ4n) is 2.53. The smallest absolute Gasteiger partial charge is 0.391 e. The molecule has 1 heterocycles. The SMILES string of the molecule is COc1cc(N2CCC(C(F)(F)F)CC2)c(Br)cc1[N+](=O)[O-]. The van der Waals surface area contributed by atoms with Crippen LogP contribution in [0.1, 0.15) is 12.8 Å². The van der Waals surface area contributed by atoms with Gasteiger partial charge in [-0.15, -0.1) is 0 Å². The summed E-state index contributed by atoms with van der Waals surface area (Å²) in [4.78, 5) is 12.2. The Hall–Kier alpha value is -1.51. The molecule has 1 saturated heterocycles. The summed E-state index contributed by atoms with van der Waals surface area (Å²) in [6.07, 6.45) is -4.15. The van der Waals surface area contributed by atoms with E-state index in [0.29, 0.717) is 10.2 Å². The van der Waals surface area contributed by atoms with Crippen molar-refractivity contribution in [2.45, 2.75) is 19.0 Å². The van der Waals surface area contributed by atoms with Crippen molar-refractivity contribution in [1.82, 2.24) is 0 Å². The Kier molecular flexibility index (Phi) is 4.84. The van der Waals surface area contributed by atoms with Gasteiger partial charge in [-0.1, -0.05) is 0 Å². The fourth-order valence-corrected chi connectivity index (χ4v) is 3.11. The van der Waals surface area contributed by atoms with E-state index in [4.69, 9.17) is 4.74 Å². The lowest BCUT2D eigenvalue weighted by molar-refractivity contribution is -0.385. The van der Waals surface area contributed by atoms with Crippen LogP contribution in [0, 0.1) is 16.0 Å². The number of halogens is 4. The predicted molar refractivity (Wildman–Crippen MR) is 78.3 cm³/mol. The lowest BCUT2D eigenvalue weighted by Gasteiger charge is -2.35. The fraction of sp³-hybridized carbons (Fsp3) is 0.538. The zero-order chi connectivity index (χ0) is 16.5. The van der Waals surface area contributed by atoms with Crippen molar-refractivity contribution < 1.29 is 22.8 Å². The first kappa shape index (κ1) is 16.9. The molecular formula is C13H14BrF3N2O3. The third-order valence-corrected chi connectivity index (χ3v) is 4.38. The molecule has 5 nitrogen and oxygen atoms in total. The Morgan fingerprint density at radius 1 is 1.36 bits per heavy atom. The Labute approximate surface area is 133 Å². The molecule has 1 aromatic rings. The Morgan fingerprint density at radius 2 is 1.95 bits per heavy atom. The maximum Gasteiger partial charge on any atom is 0.391 e. The van der Waals surface area contributed by atoms with E-state index in [1.807, 2.05) is 0 Å². The summed E-state index contributed by atoms with van der Waals surface area (Å²) in [5, 5.41) is 10.9. The number of rotatable bonds is 3. The van der Waals surface area contributed by atoms with Crippen molar-refractivity contribution in [2.24, 2.45) is 5.92 Å². The van der Waals surface area contributed by atoms with Gasteiger partial charge in [0.2, 0.25) is 0 Å². The van der Waals surface area contributed by atoms with Crippen LogP contribution in [0.5, 0.6) is 5.75 Å². The molecule has 0 aliphatic carbocycles. The highest BCUT2D eigenvalue weighted by Crippen LogP contribution is 2.41. The largest absolute Gasteiger partial charge is 0.490 e. The second-order valence-corrected chi connectivity index (χ2v) is 5.89. The average Bonchev–Trinajstić information content (AvgIpc) is 2.46. The minimum atomic E-state index is -4.17. The van der Waals surface area contributed by atoms with E-state index in [0.717, 1.165) is 0 Å². The Balaban J connectivity index is 2.22. The summed E-state index contributed by atoms with van der Waals surface area (Å²) in [5.74, 6) is -1.20. The molecule has 0 amide bonds. The van der Waals surface area contributed by atoms with Crippen LogP contribution in [-0.2, 0) is 0 Å². The number of nitro groups is 1. The quantitative estimate of drug-likeness (QED) is 0.582. The summed E-state index contributed by atoms with van der Waals surface area (Å²) in [5.41, 5.74) is 0.409. The van der Waals surface area contributed by atoms with Gasteiger partial charge >= 0.3 is 11.9 Å². The molecule has 0 unspecified atom stereocenters. The minimum Gasteiger partial charge on any atom is -0.490 e. The lowest BCUT2D eigenvalue weighted by atomic mass is 9.96. The summed E-state index contributed by atoms with van der Waals surface area (Å²) in [7, 11) is 1.32. The predicted octanol–water partition coefficient (Wildman–Crippen LogP) is 4.14. The van der Waals surface area contributed by atoms with Gasteiger partial charge in [-0.3, -0.25) is 10.1 Å². The number of piperidine rings is 1. The van der Waals surface area contributed by atoms with Crippen LogP contribution in [0.4, 0.5) is 24.5 Å². The van der Waals surface area contributed by atoms with Gasteiger partial charge < -0.3 is 9.64 Å². The van der Waals surface area contributed by atoms with Crippen LogP contribution in [0.25, 0.3) is 0 Å². The molecule has 1 aliphatic heterocycles. The number of hydrogen-bond donors (Lipinski definition) is 0. The van der Waals surface area contributed by atoms with Crippen molar-refractivity contribution in [3.05, 3.63) is 26.7 Å². The van der Waals surface area contributed by atoms with Gasteiger partial charge in [0.1, 0.15) is 0 Å². The van der Waals surface area contributed by atoms with Gasteiger partial charge in [0.15, 0.2) is 5.75 Å². The third-order valence-electron chi connectivity index (χ3n) is 3.74. The monoisotopic (exact) mass is 382 g/mol. The molecule has 22 heavy (non-hydrogen) atoms. The number of ether oxygens (including phenoxy) is 1. The van der Waals surface area contributed by atoms with E-state index in [9.17, 15) is 23.3 Å². The number of nitro benzene ring substituents is 1. The van der Waals surface area contributed by atoms with Crippen molar-refractivity contribution >= 4 is 27.3 Å².